The lowest BCUT2D eigenvalue weighted by atomic mass is 10.2. The van der Waals surface area contributed by atoms with Crippen LogP contribution in [0.3, 0.4) is 0 Å². The Morgan fingerprint density at radius 3 is 1.82 bits per heavy atom. The molecule has 0 amide bonds. The number of carbonyl (C=O) groups is 2. The number of hydrogen-bond acceptors (Lipinski definition) is 5. The maximum absolute atomic E-state index is 10.00. The molecule has 7 heteroatoms. The number of aliphatic hydroxyl groups excluding tert-OH is 2. The van der Waals surface area contributed by atoms with Gasteiger partial charge in [0, 0.05) is 12.2 Å². The first-order valence-electron chi connectivity index (χ1n) is 6.99. The van der Waals surface area contributed by atoms with Gasteiger partial charge in [-0.3, -0.25) is 0 Å². The van der Waals surface area contributed by atoms with Crippen LogP contribution in [0.25, 0.3) is 0 Å². The fraction of sp³-hybridized carbons (Fsp3) is 0.600. The molecular weight excluding hydrogens is 292 g/mol. The number of carboxylic acid groups (broad SMARTS) is 2. The van der Waals surface area contributed by atoms with E-state index >= 15 is 0 Å². The van der Waals surface area contributed by atoms with Gasteiger partial charge in [-0.15, -0.1) is 0 Å². The highest BCUT2D eigenvalue weighted by Crippen LogP contribution is 1.97. The molecule has 0 aliphatic carbocycles. The predicted molar refractivity (Wildman–Crippen MR) is 81.6 cm³/mol. The van der Waals surface area contributed by atoms with Gasteiger partial charge in [-0.05, 0) is 33.1 Å². The van der Waals surface area contributed by atoms with E-state index in [1.54, 1.807) is 26.0 Å². The maximum atomic E-state index is 10.00. The summed E-state index contributed by atoms with van der Waals surface area (Å²) in [6.07, 6.45) is 6.72. The van der Waals surface area contributed by atoms with E-state index in [1.807, 2.05) is 0 Å². The van der Waals surface area contributed by atoms with Crippen LogP contribution in [-0.4, -0.2) is 57.8 Å². The van der Waals surface area contributed by atoms with E-state index < -0.39 is 18.0 Å². The highest BCUT2D eigenvalue weighted by atomic mass is 16.5. The lowest BCUT2D eigenvalue weighted by Crippen LogP contribution is -2.19. The minimum absolute atomic E-state index is 0.00667. The summed E-state index contributed by atoms with van der Waals surface area (Å²) in [4.78, 5) is 20.0. The highest BCUT2D eigenvalue weighted by Gasteiger charge is 2.00. The third-order valence-electron chi connectivity index (χ3n) is 2.14. The fourth-order valence-electron chi connectivity index (χ4n) is 1.08. The van der Waals surface area contributed by atoms with Crippen molar-refractivity contribution in [2.75, 3.05) is 13.2 Å². The Labute approximate surface area is 130 Å². The second kappa shape index (κ2) is 15.7. The monoisotopic (exact) mass is 318 g/mol. The van der Waals surface area contributed by atoms with Crippen molar-refractivity contribution in [1.29, 1.82) is 0 Å². The highest BCUT2D eigenvalue weighted by molar-refractivity contribution is 5.80. The van der Waals surface area contributed by atoms with Crippen LogP contribution in [0, 0.1) is 0 Å². The molecule has 0 bridgehead atoms. The van der Waals surface area contributed by atoms with Gasteiger partial charge in [0.15, 0.2) is 0 Å². The molecule has 0 aromatic heterocycles. The molecule has 22 heavy (non-hydrogen) atoms. The van der Waals surface area contributed by atoms with E-state index in [4.69, 9.17) is 25.2 Å². The molecule has 0 rings (SSSR count). The van der Waals surface area contributed by atoms with Gasteiger partial charge in [0.1, 0.15) is 0 Å². The van der Waals surface area contributed by atoms with Crippen LogP contribution in [0.1, 0.15) is 33.1 Å². The van der Waals surface area contributed by atoms with Crippen molar-refractivity contribution in [3.8, 4) is 0 Å². The second-order valence-electron chi connectivity index (χ2n) is 4.59. The molecule has 0 radical (unpaired) electrons. The number of ether oxygens (including phenoxy) is 1. The lowest BCUT2D eigenvalue weighted by molar-refractivity contribution is -0.132. The van der Waals surface area contributed by atoms with Gasteiger partial charge in [-0.1, -0.05) is 12.2 Å². The SMILES string of the molecule is CC(O)COC(C)CO.O=C(O)C=CCCCC=CC(=O)O. The summed E-state index contributed by atoms with van der Waals surface area (Å²) in [7, 11) is 0. The molecule has 128 valence electrons. The van der Waals surface area contributed by atoms with E-state index in [0.29, 0.717) is 19.4 Å². The molecule has 0 spiro atoms. The van der Waals surface area contributed by atoms with Crippen LogP contribution in [0.2, 0.25) is 0 Å². The molecule has 2 atom stereocenters. The molecule has 0 heterocycles. The zero-order chi connectivity index (χ0) is 17.4. The molecule has 0 aliphatic rings. The standard InChI is InChI=1S/C9H12O4.C6H14O3/c10-8(11)6-4-2-1-3-5-7-9(12)13;1-5(8)4-9-6(2)3-7/h4-7H,1-3H2,(H,10,11)(H,12,13);5-8H,3-4H2,1-2H3. The van der Waals surface area contributed by atoms with Crippen molar-refractivity contribution >= 4 is 11.9 Å². The summed E-state index contributed by atoms with van der Waals surface area (Å²) >= 11 is 0. The van der Waals surface area contributed by atoms with Crippen LogP contribution >= 0.6 is 0 Å². The maximum Gasteiger partial charge on any atom is 0.327 e. The van der Waals surface area contributed by atoms with Crippen LogP contribution in [0.4, 0.5) is 0 Å². The van der Waals surface area contributed by atoms with Gasteiger partial charge < -0.3 is 25.2 Å². The minimum atomic E-state index is -0.957. The first-order chi connectivity index (χ1) is 10.3. The van der Waals surface area contributed by atoms with Gasteiger partial charge in [0.25, 0.3) is 0 Å². The van der Waals surface area contributed by atoms with Crippen LogP contribution in [0.15, 0.2) is 24.3 Å². The van der Waals surface area contributed by atoms with E-state index in [0.717, 1.165) is 18.6 Å². The average Bonchev–Trinajstić information content (AvgIpc) is 2.43. The largest absolute Gasteiger partial charge is 0.478 e. The Hall–Kier alpha value is -1.70. The molecule has 7 nitrogen and oxygen atoms in total. The number of aliphatic hydroxyl groups is 2. The summed E-state index contributed by atoms with van der Waals surface area (Å²) in [5.41, 5.74) is 0. The van der Waals surface area contributed by atoms with Crippen molar-refractivity contribution < 1.29 is 34.8 Å². The van der Waals surface area contributed by atoms with Gasteiger partial charge in [-0.2, -0.15) is 0 Å². The minimum Gasteiger partial charge on any atom is -0.478 e. The lowest BCUT2D eigenvalue weighted by Gasteiger charge is -2.10. The summed E-state index contributed by atoms with van der Waals surface area (Å²) in [5.74, 6) is -1.91. The van der Waals surface area contributed by atoms with E-state index in [1.165, 1.54) is 0 Å². The first-order valence-corrected chi connectivity index (χ1v) is 6.99. The number of aliphatic carboxylic acids is 2. The Kier molecular flexibility index (Phi) is 16.1. The van der Waals surface area contributed by atoms with Crippen molar-refractivity contribution in [2.45, 2.75) is 45.3 Å². The molecule has 0 saturated carbocycles. The van der Waals surface area contributed by atoms with E-state index in [-0.39, 0.29) is 12.7 Å². The molecule has 2 unspecified atom stereocenters. The third-order valence-corrected chi connectivity index (χ3v) is 2.14. The third kappa shape index (κ3) is 23.4. The van der Waals surface area contributed by atoms with Gasteiger partial charge >= 0.3 is 11.9 Å². The zero-order valence-electron chi connectivity index (χ0n) is 13.0. The summed E-state index contributed by atoms with van der Waals surface area (Å²) in [5, 5.41) is 33.6. The Morgan fingerprint density at radius 2 is 1.50 bits per heavy atom. The molecule has 0 aromatic rings. The number of rotatable bonds is 10. The number of allylic oxidation sites excluding steroid dienone is 2. The van der Waals surface area contributed by atoms with E-state index in [2.05, 4.69) is 0 Å². The van der Waals surface area contributed by atoms with Crippen LogP contribution < -0.4 is 0 Å². The molecule has 0 aromatic carbocycles. The zero-order valence-corrected chi connectivity index (χ0v) is 13.0. The van der Waals surface area contributed by atoms with Crippen LogP contribution in [0.5, 0.6) is 0 Å². The molecule has 0 saturated heterocycles. The summed E-state index contributed by atoms with van der Waals surface area (Å²) in [6, 6.07) is 0. The average molecular weight is 318 g/mol. The Bertz CT molecular complexity index is 324. The smallest absolute Gasteiger partial charge is 0.327 e. The normalized spacial score (nSPS) is 13.6. The van der Waals surface area contributed by atoms with Gasteiger partial charge in [0.05, 0.1) is 25.4 Å². The number of unbranched alkanes of at least 4 members (excludes halogenated alkanes) is 2. The molecular formula is C15H26O7. The number of hydrogen-bond donors (Lipinski definition) is 4. The van der Waals surface area contributed by atoms with Crippen molar-refractivity contribution in [2.24, 2.45) is 0 Å². The quantitative estimate of drug-likeness (QED) is 0.352. The number of carboxylic acids is 2. The Balaban J connectivity index is 0. The van der Waals surface area contributed by atoms with Gasteiger partial charge in [-0.25, -0.2) is 9.59 Å². The predicted octanol–water partition coefficient (Wildman–Crippen LogP) is 1.20. The van der Waals surface area contributed by atoms with Crippen LogP contribution in [-0.2, 0) is 14.3 Å². The molecule has 0 fully saturated rings. The van der Waals surface area contributed by atoms with Crippen molar-refractivity contribution in [3.63, 3.8) is 0 Å². The molecule has 0 aliphatic heterocycles. The van der Waals surface area contributed by atoms with Gasteiger partial charge in [0.2, 0.25) is 0 Å². The topological polar surface area (TPSA) is 124 Å². The first kappa shape index (κ1) is 22.6. The van der Waals surface area contributed by atoms with Crippen molar-refractivity contribution in [3.05, 3.63) is 24.3 Å². The fourth-order valence-corrected chi connectivity index (χ4v) is 1.08. The second-order valence-corrected chi connectivity index (χ2v) is 4.59. The van der Waals surface area contributed by atoms with Crippen molar-refractivity contribution in [1.82, 2.24) is 0 Å². The summed E-state index contributed by atoms with van der Waals surface area (Å²) in [6.45, 7) is 3.70. The van der Waals surface area contributed by atoms with E-state index in [9.17, 15) is 9.59 Å². The Morgan fingerprint density at radius 1 is 1.05 bits per heavy atom. The molecule has 4 N–H and O–H groups in total. The summed E-state index contributed by atoms with van der Waals surface area (Å²) < 4.78 is 4.95.